The number of aromatic nitrogens is 2. The van der Waals surface area contributed by atoms with E-state index in [4.69, 9.17) is 18.9 Å². The summed E-state index contributed by atoms with van der Waals surface area (Å²) in [4.78, 5) is 38.5. The Morgan fingerprint density at radius 1 is 1.03 bits per heavy atom. The first kappa shape index (κ1) is 26.8. The van der Waals surface area contributed by atoms with Gasteiger partial charge in [-0.1, -0.05) is 48.5 Å². The lowest BCUT2D eigenvalue weighted by molar-refractivity contribution is -0.146. The molecule has 2 aromatic carbocycles. The molecular formula is C26H29N2O8P. The maximum atomic E-state index is 13.3. The van der Waals surface area contributed by atoms with E-state index < -0.39 is 43.0 Å². The van der Waals surface area contributed by atoms with Crippen molar-refractivity contribution in [3.05, 3.63) is 105 Å². The predicted octanol–water partition coefficient (Wildman–Crippen LogP) is 3.25. The Bertz CT molecular complexity index is 1370. The zero-order valence-corrected chi connectivity index (χ0v) is 21.5. The average Bonchev–Trinajstić information content (AvgIpc) is 3.28. The van der Waals surface area contributed by atoms with Crippen molar-refractivity contribution in [1.29, 1.82) is 0 Å². The normalized spacial score (nSPS) is 19.6. The largest absolute Gasteiger partial charge is 0.454 e. The van der Waals surface area contributed by atoms with Gasteiger partial charge in [-0.2, -0.15) is 0 Å². The first-order valence-electron chi connectivity index (χ1n) is 11.7. The molecule has 4 rings (SSSR count). The third kappa shape index (κ3) is 7.14. The minimum Gasteiger partial charge on any atom is -0.454 e. The number of hydrogen-bond donors (Lipinski definition) is 0. The van der Waals surface area contributed by atoms with Crippen LogP contribution in [-0.4, -0.2) is 47.2 Å². The molecule has 0 amide bonds. The highest BCUT2D eigenvalue weighted by Gasteiger charge is 2.41. The van der Waals surface area contributed by atoms with Gasteiger partial charge in [-0.3, -0.25) is 9.36 Å². The van der Waals surface area contributed by atoms with E-state index in [0.29, 0.717) is 5.56 Å². The fourth-order valence-electron chi connectivity index (χ4n) is 3.78. The van der Waals surface area contributed by atoms with E-state index in [1.54, 1.807) is 43.7 Å². The molecular weight excluding hydrogens is 499 g/mol. The van der Waals surface area contributed by atoms with Gasteiger partial charge in [0, 0.05) is 18.7 Å². The Balaban J connectivity index is 1.56. The van der Waals surface area contributed by atoms with Crippen molar-refractivity contribution in [2.24, 2.45) is 0 Å². The maximum absolute atomic E-state index is 13.3. The second-order valence-corrected chi connectivity index (χ2v) is 12.5. The number of ether oxygens (including phenoxy) is 4. The number of benzene rings is 2. The third-order valence-electron chi connectivity index (χ3n) is 5.57. The molecule has 1 aromatic heterocycles. The minimum absolute atomic E-state index is 0.0362. The van der Waals surface area contributed by atoms with Crippen LogP contribution >= 0.6 is 7.14 Å². The quantitative estimate of drug-likeness (QED) is 0.291. The van der Waals surface area contributed by atoms with E-state index in [-0.39, 0.29) is 26.1 Å². The molecule has 1 aliphatic rings. The number of esters is 1. The highest BCUT2D eigenvalue weighted by Crippen LogP contribution is 2.39. The molecule has 3 atom stereocenters. The van der Waals surface area contributed by atoms with Crippen LogP contribution in [0.4, 0.5) is 0 Å². The van der Waals surface area contributed by atoms with Crippen molar-refractivity contribution in [3.8, 4) is 0 Å². The molecule has 1 fully saturated rings. The molecule has 10 nitrogen and oxygen atoms in total. The Kier molecular flexibility index (Phi) is 8.56. The Morgan fingerprint density at radius 3 is 2.38 bits per heavy atom. The molecule has 0 spiro atoms. The van der Waals surface area contributed by atoms with Crippen molar-refractivity contribution in [3.63, 3.8) is 0 Å². The first-order valence-corrected chi connectivity index (χ1v) is 14.5. The summed E-state index contributed by atoms with van der Waals surface area (Å²) < 4.78 is 37.1. The molecule has 1 aliphatic heterocycles. The van der Waals surface area contributed by atoms with E-state index in [1.165, 1.54) is 16.8 Å². The number of carbonyl (C=O) groups excluding carboxylic acids is 1. The van der Waals surface area contributed by atoms with Gasteiger partial charge in [-0.25, -0.2) is 14.2 Å². The van der Waals surface area contributed by atoms with Crippen LogP contribution in [0.3, 0.4) is 0 Å². The number of carbonyl (C=O) groups is 1. The van der Waals surface area contributed by atoms with Gasteiger partial charge in [0.05, 0.1) is 12.2 Å². The summed E-state index contributed by atoms with van der Waals surface area (Å²) >= 11 is 0. The molecule has 11 heteroatoms. The van der Waals surface area contributed by atoms with Crippen LogP contribution in [-0.2, 0) is 36.9 Å². The number of rotatable bonds is 10. The van der Waals surface area contributed by atoms with Gasteiger partial charge in [0.15, 0.2) is 18.6 Å². The zero-order valence-electron chi connectivity index (χ0n) is 20.6. The minimum atomic E-state index is -2.51. The molecule has 2 heterocycles. The van der Waals surface area contributed by atoms with E-state index in [9.17, 15) is 18.9 Å². The summed E-state index contributed by atoms with van der Waals surface area (Å²) in [5.41, 5.74) is -0.00807. The van der Waals surface area contributed by atoms with Crippen LogP contribution in [0.1, 0.15) is 28.6 Å². The lowest BCUT2D eigenvalue weighted by atomic mass is 10.2. The Labute approximate surface area is 213 Å². The fraction of sp³-hybridized carbons (Fsp3) is 0.346. The summed E-state index contributed by atoms with van der Waals surface area (Å²) in [7, 11) is -2.51. The number of hydrogen-bond acceptors (Lipinski definition) is 8. The van der Waals surface area contributed by atoms with Crippen molar-refractivity contribution < 1.29 is 28.3 Å². The van der Waals surface area contributed by atoms with E-state index in [2.05, 4.69) is 0 Å². The van der Waals surface area contributed by atoms with E-state index in [0.717, 1.165) is 10.1 Å². The zero-order chi connectivity index (χ0) is 26.4. The first-order chi connectivity index (χ1) is 17.7. The molecule has 1 saturated heterocycles. The summed E-state index contributed by atoms with van der Waals surface area (Å²) in [6.45, 7) is 3.11. The molecule has 0 bridgehead atoms. The van der Waals surface area contributed by atoms with Crippen LogP contribution in [0.2, 0.25) is 0 Å². The van der Waals surface area contributed by atoms with Crippen LogP contribution in [0.25, 0.3) is 0 Å². The average molecular weight is 528 g/mol. The number of nitrogens with zero attached hydrogens (tertiary/aromatic N) is 2. The van der Waals surface area contributed by atoms with Gasteiger partial charge in [0.25, 0.3) is 5.56 Å². The van der Waals surface area contributed by atoms with E-state index >= 15 is 0 Å². The fourth-order valence-corrected chi connectivity index (χ4v) is 4.30. The highest BCUT2D eigenvalue weighted by atomic mass is 31.2. The highest BCUT2D eigenvalue weighted by molar-refractivity contribution is 7.62. The van der Waals surface area contributed by atoms with E-state index in [1.807, 2.05) is 30.3 Å². The molecule has 0 N–H and O–H groups in total. The van der Waals surface area contributed by atoms with Crippen molar-refractivity contribution >= 4 is 13.1 Å². The van der Waals surface area contributed by atoms with Crippen LogP contribution < -0.4 is 11.2 Å². The summed E-state index contributed by atoms with van der Waals surface area (Å²) in [5.74, 6) is -0.593. The standard InChI is InChI=1S/C26H29N2O8P/c1-37(2,32)18-34-23-15-21(35-25(30)20-11-7-4-8-12-20)24(36-23)27-14-13-22(29)28(26(27)31)17-33-16-19-9-5-3-6-10-19/h3-14,21,23-24H,15-18H2,1-2H3/t21?,23-,24-/m1/s1. The molecule has 196 valence electrons. The molecule has 3 aromatic rings. The molecule has 1 unspecified atom stereocenters. The lowest BCUT2D eigenvalue weighted by Gasteiger charge is -2.21. The molecule has 0 radical (unpaired) electrons. The topological polar surface area (TPSA) is 115 Å². The smallest absolute Gasteiger partial charge is 0.338 e. The Hall–Kier alpha value is -3.30. The summed E-state index contributed by atoms with van der Waals surface area (Å²) in [5, 5.41) is 0. The van der Waals surface area contributed by atoms with Crippen LogP contribution in [0, 0.1) is 0 Å². The van der Waals surface area contributed by atoms with Gasteiger partial charge in [0.1, 0.15) is 20.2 Å². The van der Waals surface area contributed by atoms with Gasteiger partial charge >= 0.3 is 11.7 Å². The van der Waals surface area contributed by atoms with Crippen molar-refractivity contribution in [2.75, 3.05) is 19.7 Å². The van der Waals surface area contributed by atoms with Gasteiger partial charge < -0.3 is 23.5 Å². The van der Waals surface area contributed by atoms with Gasteiger partial charge in [0.2, 0.25) is 0 Å². The van der Waals surface area contributed by atoms with Crippen molar-refractivity contribution in [2.45, 2.75) is 38.4 Å². The predicted molar refractivity (Wildman–Crippen MR) is 136 cm³/mol. The maximum Gasteiger partial charge on any atom is 0.338 e. The van der Waals surface area contributed by atoms with Crippen molar-refractivity contribution in [1.82, 2.24) is 9.13 Å². The molecule has 0 aliphatic carbocycles. The third-order valence-corrected chi connectivity index (χ3v) is 6.35. The molecule has 0 saturated carbocycles. The monoisotopic (exact) mass is 528 g/mol. The van der Waals surface area contributed by atoms with Gasteiger partial charge in [-0.15, -0.1) is 0 Å². The van der Waals surface area contributed by atoms with Gasteiger partial charge in [-0.05, 0) is 31.0 Å². The lowest BCUT2D eigenvalue weighted by Crippen LogP contribution is -2.43. The SMILES string of the molecule is CP(C)(=O)CO[C@H]1CC(OC(=O)c2ccccc2)[C@H](n2ccc(=O)n(COCc3ccccc3)c2=O)O1. The van der Waals surface area contributed by atoms with Crippen LogP contribution in [0.5, 0.6) is 0 Å². The second kappa shape index (κ2) is 11.8. The summed E-state index contributed by atoms with van der Waals surface area (Å²) in [6, 6.07) is 19.0. The molecule has 37 heavy (non-hydrogen) atoms. The Morgan fingerprint density at radius 2 is 1.70 bits per heavy atom. The van der Waals surface area contributed by atoms with Crippen LogP contribution in [0.15, 0.2) is 82.5 Å². The summed E-state index contributed by atoms with van der Waals surface area (Å²) in [6.07, 6.45) is -1.48. The second-order valence-electron chi connectivity index (χ2n) is 9.11.